The van der Waals surface area contributed by atoms with Crippen LogP contribution in [0.2, 0.25) is 0 Å². The van der Waals surface area contributed by atoms with Crippen LogP contribution in [0.4, 0.5) is 0 Å². The van der Waals surface area contributed by atoms with Gasteiger partial charge in [-0.05, 0) is 60.2 Å². The third-order valence-electron chi connectivity index (χ3n) is 4.43. The summed E-state index contributed by atoms with van der Waals surface area (Å²) in [5.74, 6) is 1.75. The van der Waals surface area contributed by atoms with Gasteiger partial charge in [0.1, 0.15) is 22.4 Å². The van der Waals surface area contributed by atoms with E-state index >= 15 is 0 Å². The smallest absolute Gasteiger partial charge is 0.220 e. The number of hydrogen-bond acceptors (Lipinski definition) is 3. The molecule has 4 heteroatoms. The largest absolute Gasteiger partial charge is 0.497 e. The lowest BCUT2D eigenvalue weighted by Crippen LogP contribution is -2.03. The van der Waals surface area contributed by atoms with Crippen LogP contribution in [0, 0.1) is 0 Å². The monoisotopic (exact) mass is 405 g/mol. The maximum Gasteiger partial charge on any atom is 0.220 e. The van der Waals surface area contributed by atoms with Crippen LogP contribution >= 0.6 is 11.3 Å². The number of ether oxygens (including phenoxy) is 2. The Balaban J connectivity index is 1.77. The first kappa shape index (κ1) is 18.7. The fraction of sp³-hybridized carbons (Fsp3) is 0.0833. The summed E-state index contributed by atoms with van der Waals surface area (Å²) in [7, 11) is 3.22. The summed E-state index contributed by atoms with van der Waals surface area (Å²) >= 11 is 1.85. The molecule has 0 saturated heterocycles. The van der Waals surface area contributed by atoms with E-state index in [1.165, 1.54) is 24.4 Å². The second kappa shape index (κ2) is 8.55. The zero-order chi connectivity index (χ0) is 19.3. The van der Waals surface area contributed by atoms with Gasteiger partial charge in [0.15, 0.2) is 9.79 Å². The van der Waals surface area contributed by atoms with Crippen molar-refractivity contribution in [3.05, 3.63) is 91.0 Å². The topological polar surface area (TPSA) is 18.5 Å². The van der Waals surface area contributed by atoms with E-state index in [1.54, 1.807) is 14.2 Å². The standard InChI is InChI=1S/C24H21O2S2/c1-25-19-8-12-21(13-9-19)28(22-14-10-20(26-2)11-15-22)24-17-16-23(27-24)18-6-4-3-5-7-18/h3-17H,1-2H3/q+1. The quantitative estimate of drug-likeness (QED) is 0.340. The summed E-state index contributed by atoms with van der Waals surface area (Å²) in [4.78, 5) is 3.83. The first-order valence-corrected chi connectivity index (χ1v) is 11.0. The molecule has 3 aromatic carbocycles. The molecule has 4 rings (SSSR count). The molecule has 0 bridgehead atoms. The minimum absolute atomic E-state index is 0.181. The van der Waals surface area contributed by atoms with Crippen molar-refractivity contribution < 1.29 is 9.47 Å². The molecule has 0 atom stereocenters. The Hall–Kier alpha value is -2.69. The van der Waals surface area contributed by atoms with Crippen molar-refractivity contribution in [1.29, 1.82) is 0 Å². The number of rotatable bonds is 6. The Kier molecular flexibility index (Phi) is 5.70. The van der Waals surface area contributed by atoms with Crippen molar-refractivity contribution in [2.24, 2.45) is 0 Å². The van der Waals surface area contributed by atoms with E-state index in [9.17, 15) is 0 Å². The molecule has 0 radical (unpaired) electrons. The summed E-state index contributed by atoms with van der Waals surface area (Å²) in [5.41, 5.74) is 1.26. The van der Waals surface area contributed by atoms with Gasteiger partial charge in [0.25, 0.3) is 0 Å². The molecule has 140 valence electrons. The summed E-state index contributed by atoms with van der Waals surface area (Å²) in [6.07, 6.45) is 0. The molecule has 0 fully saturated rings. The van der Waals surface area contributed by atoms with Gasteiger partial charge in [-0.2, -0.15) is 0 Å². The molecule has 0 N–H and O–H groups in total. The van der Waals surface area contributed by atoms with E-state index in [0.717, 1.165) is 11.5 Å². The minimum Gasteiger partial charge on any atom is -0.497 e. The van der Waals surface area contributed by atoms with Gasteiger partial charge in [0, 0.05) is 10.9 Å². The molecular weight excluding hydrogens is 384 g/mol. The zero-order valence-electron chi connectivity index (χ0n) is 15.8. The average Bonchev–Trinajstić information content (AvgIpc) is 3.25. The first-order chi connectivity index (χ1) is 13.8. The molecular formula is C24H21O2S2+. The zero-order valence-corrected chi connectivity index (χ0v) is 17.4. The van der Waals surface area contributed by atoms with E-state index in [2.05, 4.69) is 66.7 Å². The van der Waals surface area contributed by atoms with Crippen LogP contribution in [-0.2, 0) is 10.9 Å². The van der Waals surface area contributed by atoms with Crippen molar-refractivity contribution in [3.63, 3.8) is 0 Å². The van der Waals surface area contributed by atoms with E-state index in [4.69, 9.17) is 9.47 Å². The number of hydrogen-bond donors (Lipinski definition) is 0. The average molecular weight is 406 g/mol. The van der Waals surface area contributed by atoms with Crippen LogP contribution in [0.1, 0.15) is 0 Å². The van der Waals surface area contributed by atoms with Crippen LogP contribution in [0.25, 0.3) is 10.4 Å². The highest BCUT2D eigenvalue weighted by Gasteiger charge is 2.30. The van der Waals surface area contributed by atoms with E-state index < -0.39 is 0 Å². The molecule has 2 nitrogen and oxygen atoms in total. The van der Waals surface area contributed by atoms with Crippen molar-refractivity contribution in [2.75, 3.05) is 14.2 Å². The van der Waals surface area contributed by atoms with Crippen LogP contribution in [-0.4, -0.2) is 14.2 Å². The van der Waals surface area contributed by atoms with Crippen molar-refractivity contribution in [1.82, 2.24) is 0 Å². The Morgan fingerprint density at radius 2 is 1.14 bits per heavy atom. The van der Waals surface area contributed by atoms with E-state index in [0.29, 0.717) is 0 Å². The SMILES string of the molecule is COc1ccc([S+](c2ccc(OC)cc2)c2ccc(-c3ccccc3)s2)cc1. The van der Waals surface area contributed by atoms with Crippen molar-refractivity contribution in [2.45, 2.75) is 14.0 Å². The lowest BCUT2D eigenvalue weighted by molar-refractivity contribution is 0.414. The van der Waals surface area contributed by atoms with Crippen molar-refractivity contribution in [3.8, 4) is 21.9 Å². The van der Waals surface area contributed by atoms with E-state index in [1.807, 2.05) is 35.6 Å². The highest BCUT2D eigenvalue weighted by atomic mass is 32.2. The van der Waals surface area contributed by atoms with Crippen LogP contribution in [0.5, 0.6) is 11.5 Å². The van der Waals surface area contributed by atoms with Gasteiger partial charge in [0.05, 0.1) is 14.2 Å². The molecule has 28 heavy (non-hydrogen) atoms. The van der Waals surface area contributed by atoms with Gasteiger partial charge in [-0.25, -0.2) is 0 Å². The highest BCUT2D eigenvalue weighted by Crippen LogP contribution is 2.39. The van der Waals surface area contributed by atoms with Gasteiger partial charge in [-0.15, -0.1) is 0 Å². The second-order valence-corrected chi connectivity index (χ2v) is 9.48. The molecule has 0 aliphatic carbocycles. The molecule has 0 amide bonds. The summed E-state index contributed by atoms with van der Waals surface area (Å²) in [6, 6.07) is 31.8. The Morgan fingerprint density at radius 3 is 1.64 bits per heavy atom. The maximum absolute atomic E-state index is 5.34. The Labute approximate surface area is 172 Å². The third-order valence-corrected chi connectivity index (χ3v) is 8.14. The fourth-order valence-corrected chi connectivity index (χ4v) is 6.66. The lowest BCUT2D eigenvalue weighted by atomic mass is 10.2. The molecule has 0 aliphatic heterocycles. The van der Waals surface area contributed by atoms with Crippen molar-refractivity contribution >= 4 is 22.2 Å². The summed E-state index contributed by atoms with van der Waals surface area (Å²) < 4.78 is 12.0. The van der Waals surface area contributed by atoms with Gasteiger partial charge in [-0.1, -0.05) is 41.7 Å². The second-order valence-electron chi connectivity index (χ2n) is 6.14. The summed E-state index contributed by atoms with van der Waals surface area (Å²) in [6.45, 7) is 0. The lowest BCUT2D eigenvalue weighted by Gasteiger charge is -2.07. The molecule has 4 aromatic rings. The Morgan fingerprint density at radius 1 is 0.607 bits per heavy atom. The van der Waals surface area contributed by atoms with Crippen LogP contribution in [0.15, 0.2) is 105 Å². The molecule has 1 aromatic heterocycles. The number of methoxy groups -OCH3 is 2. The van der Waals surface area contributed by atoms with Gasteiger partial charge >= 0.3 is 0 Å². The van der Waals surface area contributed by atoms with Gasteiger partial charge in [-0.3, -0.25) is 0 Å². The van der Waals surface area contributed by atoms with Gasteiger partial charge < -0.3 is 9.47 Å². The molecule has 1 heterocycles. The fourth-order valence-electron chi connectivity index (χ4n) is 2.98. The minimum atomic E-state index is -0.181. The molecule has 0 aliphatic rings. The maximum atomic E-state index is 5.34. The normalized spacial score (nSPS) is 10.8. The third kappa shape index (κ3) is 3.93. The predicted octanol–water partition coefficient (Wildman–Crippen LogP) is 6.53. The summed E-state index contributed by atoms with van der Waals surface area (Å²) in [5, 5.41) is 0. The van der Waals surface area contributed by atoms with Gasteiger partial charge in [0.2, 0.25) is 4.21 Å². The van der Waals surface area contributed by atoms with E-state index in [-0.39, 0.29) is 10.9 Å². The first-order valence-electron chi connectivity index (χ1n) is 8.96. The van der Waals surface area contributed by atoms with Crippen LogP contribution < -0.4 is 9.47 Å². The predicted molar refractivity (Wildman–Crippen MR) is 118 cm³/mol. The highest BCUT2D eigenvalue weighted by molar-refractivity contribution is 7.99. The Bertz CT molecular complexity index is 975. The molecule has 0 saturated carbocycles. The molecule has 0 unspecified atom stereocenters. The molecule has 0 spiro atoms. The van der Waals surface area contributed by atoms with Crippen LogP contribution in [0.3, 0.4) is 0 Å². The number of benzene rings is 3. The number of thiophene rings is 1.